The van der Waals surface area contributed by atoms with Crippen LogP contribution in [0.2, 0.25) is 0 Å². The van der Waals surface area contributed by atoms with Crippen LogP contribution in [0.5, 0.6) is 0 Å². The lowest BCUT2D eigenvalue weighted by Crippen LogP contribution is -2.57. The third-order valence-corrected chi connectivity index (χ3v) is 5.22. The standard InChI is InChI=1S/C17H32N2O/c1-12(2)11-17(9-5-6-10-17)16(20)19-15-8-7-13(3)18-14(15)4/h12-15,18H,5-11H2,1-4H3,(H,19,20). The van der Waals surface area contributed by atoms with Gasteiger partial charge in [-0.1, -0.05) is 26.7 Å². The molecule has 0 aromatic carbocycles. The van der Waals surface area contributed by atoms with E-state index in [1.165, 1.54) is 12.8 Å². The SMILES string of the molecule is CC(C)CC1(C(=O)NC2CCC(C)NC2C)CCCC1. The fraction of sp³-hybridized carbons (Fsp3) is 0.941. The van der Waals surface area contributed by atoms with E-state index in [1.54, 1.807) is 0 Å². The van der Waals surface area contributed by atoms with Gasteiger partial charge in [0.1, 0.15) is 0 Å². The van der Waals surface area contributed by atoms with Gasteiger partial charge in [-0.3, -0.25) is 4.79 Å². The van der Waals surface area contributed by atoms with Crippen molar-refractivity contribution in [1.29, 1.82) is 0 Å². The maximum absolute atomic E-state index is 12.9. The molecule has 3 unspecified atom stereocenters. The number of nitrogens with one attached hydrogen (secondary N) is 2. The minimum Gasteiger partial charge on any atom is -0.351 e. The van der Waals surface area contributed by atoms with Crippen LogP contribution in [0.4, 0.5) is 0 Å². The van der Waals surface area contributed by atoms with Crippen molar-refractivity contribution in [2.75, 3.05) is 0 Å². The fourth-order valence-corrected chi connectivity index (χ4v) is 4.20. The zero-order chi connectivity index (χ0) is 14.8. The van der Waals surface area contributed by atoms with Gasteiger partial charge in [0, 0.05) is 23.5 Å². The van der Waals surface area contributed by atoms with Crippen LogP contribution in [-0.4, -0.2) is 24.0 Å². The molecule has 1 heterocycles. The summed E-state index contributed by atoms with van der Waals surface area (Å²) in [5.41, 5.74) is -0.0725. The molecule has 1 aliphatic carbocycles. The lowest BCUT2D eigenvalue weighted by Gasteiger charge is -2.38. The molecule has 0 bridgehead atoms. The summed E-state index contributed by atoms with van der Waals surface area (Å²) in [4.78, 5) is 12.9. The molecule has 3 nitrogen and oxygen atoms in total. The minimum absolute atomic E-state index is 0.0725. The van der Waals surface area contributed by atoms with Crippen molar-refractivity contribution in [1.82, 2.24) is 10.6 Å². The molecule has 3 heteroatoms. The quantitative estimate of drug-likeness (QED) is 0.830. The summed E-state index contributed by atoms with van der Waals surface area (Å²) in [6.07, 6.45) is 7.92. The lowest BCUT2D eigenvalue weighted by molar-refractivity contribution is -0.133. The highest BCUT2D eigenvalue weighted by molar-refractivity contribution is 5.83. The number of carbonyl (C=O) groups is 1. The topological polar surface area (TPSA) is 41.1 Å². The summed E-state index contributed by atoms with van der Waals surface area (Å²) in [5, 5.41) is 6.94. The third-order valence-electron chi connectivity index (χ3n) is 5.22. The van der Waals surface area contributed by atoms with E-state index in [4.69, 9.17) is 0 Å². The molecule has 1 saturated heterocycles. The second-order valence-electron chi connectivity index (χ2n) is 7.60. The van der Waals surface area contributed by atoms with Gasteiger partial charge in [-0.25, -0.2) is 0 Å². The zero-order valence-corrected chi connectivity index (χ0v) is 13.7. The van der Waals surface area contributed by atoms with E-state index in [0.29, 0.717) is 30.0 Å². The first-order chi connectivity index (χ1) is 9.43. The van der Waals surface area contributed by atoms with Gasteiger partial charge in [0.15, 0.2) is 0 Å². The highest BCUT2D eigenvalue weighted by Gasteiger charge is 2.42. The first-order valence-corrected chi connectivity index (χ1v) is 8.50. The van der Waals surface area contributed by atoms with Crippen LogP contribution in [0.25, 0.3) is 0 Å². The molecule has 0 spiro atoms. The molecule has 3 atom stereocenters. The van der Waals surface area contributed by atoms with Gasteiger partial charge in [-0.2, -0.15) is 0 Å². The highest BCUT2D eigenvalue weighted by atomic mass is 16.2. The van der Waals surface area contributed by atoms with E-state index >= 15 is 0 Å². The van der Waals surface area contributed by atoms with Crippen molar-refractivity contribution >= 4 is 5.91 Å². The molecule has 0 aromatic heterocycles. The zero-order valence-electron chi connectivity index (χ0n) is 13.7. The fourth-order valence-electron chi connectivity index (χ4n) is 4.20. The van der Waals surface area contributed by atoms with Gasteiger partial charge in [0.2, 0.25) is 5.91 Å². The summed E-state index contributed by atoms with van der Waals surface area (Å²) >= 11 is 0. The van der Waals surface area contributed by atoms with Crippen molar-refractivity contribution in [2.24, 2.45) is 11.3 Å². The van der Waals surface area contributed by atoms with E-state index in [2.05, 4.69) is 38.3 Å². The first-order valence-electron chi connectivity index (χ1n) is 8.50. The molecule has 20 heavy (non-hydrogen) atoms. The number of carbonyl (C=O) groups excluding carboxylic acids is 1. The average Bonchev–Trinajstić information content (AvgIpc) is 2.81. The van der Waals surface area contributed by atoms with Crippen LogP contribution in [0.1, 0.15) is 72.6 Å². The molecular formula is C17H32N2O. The molecule has 1 aliphatic heterocycles. The second kappa shape index (κ2) is 6.46. The largest absolute Gasteiger partial charge is 0.351 e. The van der Waals surface area contributed by atoms with E-state index in [0.717, 1.165) is 32.1 Å². The Hall–Kier alpha value is -0.570. The Morgan fingerprint density at radius 3 is 2.45 bits per heavy atom. The summed E-state index contributed by atoms with van der Waals surface area (Å²) in [7, 11) is 0. The Bertz CT molecular complexity index is 334. The number of hydrogen-bond acceptors (Lipinski definition) is 2. The molecule has 0 radical (unpaired) electrons. The predicted octanol–water partition coefficient (Wildman–Crippen LogP) is 3.24. The normalized spacial score (nSPS) is 33.4. The second-order valence-corrected chi connectivity index (χ2v) is 7.60. The van der Waals surface area contributed by atoms with E-state index < -0.39 is 0 Å². The summed E-state index contributed by atoms with van der Waals surface area (Å²) in [6, 6.07) is 1.28. The van der Waals surface area contributed by atoms with Crippen LogP contribution in [0, 0.1) is 11.3 Å². The number of hydrogen-bond donors (Lipinski definition) is 2. The molecule has 2 rings (SSSR count). The Kier molecular flexibility index (Phi) is 5.11. The van der Waals surface area contributed by atoms with Crippen molar-refractivity contribution in [3.8, 4) is 0 Å². The third kappa shape index (κ3) is 3.55. The van der Waals surface area contributed by atoms with Crippen LogP contribution in [0.3, 0.4) is 0 Å². The predicted molar refractivity (Wildman–Crippen MR) is 83.6 cm³/mol. The van der Waals surface area contributed by atoms with Gasteiger partial charge < -0.3 is 10.6 Å². The van der Waals surface area contributed by atoms with Gasteiger partial charge in [0.05, 0.1) is 0 Å². The monoisotopic (exact) mass is 280 g/mol. The Balaban J connectivity index is 1.98. The average molecular weight is 280 g/mol. The lowest BCUT2D eigenvalue weighted by atomic mass is 9.77. The molecule has 1 amide bonds. The Morgan fingerprint density at radius 1 is 1.25 bits per heavy atom. The Morgan fingerprint density at radius 2 is 1.90 bits per heavy atom. The van der Waals surface area contributed by atoms with Crippen LogP contribution in [0.15, 0.2) is 0 Å². The molecular weight excluding hydrogens is 248 g/mol. The van der Waals surface area contributed by atoms with Gasteiger partial charge in [-0.15, -0.1) is 0 Å². The van der Waals surface area contributed by atoms with E-state index in [9.17, 15) is 4.79 Å². The summed E-state index contributed by atoms with van der Waals surface area (Å²) < 4.78 is 0. The molecule has 2 fully saturated rings. The maximum atomic E-state index is 12.9. The van der Waals surface area contributed by atoms with Crippen molar-refractivity contribution in [3.05, 3.63) is 0 Å². The number of amides is 1. The van der Waals surface area contributed by atoms with Crippen LogP contribution < -0.4 is 10.6 Å². The van der Waals surface area contributed by atoms with Gasteiger partial charge in [-0.05, 0) is 51.9 Å². The van der Waals surface area contributed by atoms with E-state index in [1.807, 2.05) is 0 Å². The van der Waals surface area contributed by atoms with Crippen molar-refractivity contribution in [2.45, 2.75) is 90.8 Å². The smallest absolute Gasteiger partial charge is 0.226 e. The number of piperidine rings is 1. The van der Waals surface area contributed by atoms with Crippen LogP contribution in [-0.2, 0) is 4.79 Å². The summed E-state index contributed by atoms with van der Waals surface area (Å²) in [5.74, 6) is 0.928. The highest BCUT2D eigenvalue weighted by Crippen LogP contribution is 2.43. The van der Waals surface area contributed by atoms with Crippen molar-refractivity contribution < 1.29 is 4.79 Å². The minimum atomic E-state index is -0.0725. The maximum Gasteiger partial charge on any atom is 0.226 e. The Labute approximate surface area is 124 Å². The van der Waals surface area contributed by atoms with E-state index in [-0.39, 0.29) is 5.41 Å². The van der Waals surface area contributed by atoms with Gasteiger partial charge >= 0.3 is 0 Å². The molecule has 0 aromatic rings. The molecule has 1 saturated carbocycles. The first kappa shape index (κ1) is 15.8. The molecule has 116 valence electrons. The van der Waals surface area contributed by atoms with Crippen molar-refractivity contribution in [3.63, 3.8) is 0 Å². The summed E-state index contributed by atoms with van der Waals surface area (Å²) in [6.45, 7) is 8.90. The van der Waals surface area contributed by atoms with Gasteiger partial charge in [0.25, 0.3) is 0 Å². The molecule has 2 N–H and O–H groups in total. The number of rotatable bonds is 4. The van der Waals surface area contributed by atoms with Crippen LogP contribution >= 0.6 is 0 Å². The molecule has 2 aliphatic rings.